The number of rotatable bonds is 7. The molecule has 5 nitrogen and oxygen atoms in total. The molecule has 0 aliphatic carbocycles. The van der Waals surface area contributed by atoms with Crippen LogP contribution in [-0.2, 0) is 5.41 Å². The number of aromatic nitrogens is 2. The lowest BCUT2D eigenvalue weighted by Gasteiger charge is -2.25. The molecule has 0 saturated carbocycles. The Hall–Kier alpha value is -3.41. The van der Waals surface area contributed by atoms with Crippen LogP contribution in [0.2, 0.25) is 0 Å². The van der Waals surface area contributed by atoms with Crippen LogP contribution < -0.4 is 16.4 Å². The second kappa shape index (κ2) is 8.31. The van der Waals surface area contributed by atoms with E-state index in [2.05, 4.69) is 41.3 Å². The Labute approximate surface area is 170 Å². The predicted octanol–water partition coefficient (Wildman–Crippen LogP) is 4.64. The number of anilines is 2. The van der Waals surface area contributed by atoms with E-state index in [1.54, 1.807) is 0 Å². The maximum absolute atomic E-state index is 13.2. The summed E-state index contributed by atoms with van der Waals surface area (Å²) >= 11 is 0. The fourth-order valence-electron chi connectivity index (χ4n) is 3.08. The molecule has 150 valence electrons. The first-order valence-electron chi connectivity index (χ1n) is 9.41. The van der Waals surface area contributed by atoms with Gasteiger partial charge in [-0.05, 0) is 42.0 Å². The average molecular weight is 391 g/mol. The number of nitrogens with one attached hydrogen (secondary N) is 2. The molecule has 0 fully saturated rings. The van der Waals surface area contributed by atoms with Gasteiger partial charge in [0.2, 0.25) is 0 Å². The van der Waals surface area contributed by atoms with Crippen molar-refractivity contribution in [3.05, 3.63) is 78.1 Å². The van der Waals surface area contributed by atoms with E-state index in [9.17, 15) is 4.39 Å². The second-order valence-corrected chi connectivity index (χ2v) is 7.58. The number of halogens is 1. The van der Waals surface area contributed by atoms with Gasteiger partial charge in [-0.1, -0.05) is 38.6 Å². The minimum absolute atomic E-state index is 0.187. The van der Waals surface area contributed by atoms with Crippen LogP contribution in [-0.4, -0.2) is 23.8 Å². The molecule has 0 radical (unpaired) electrons. The van der Waals surface area contributed by atoms with Crippen molar-refractivity contribution < 1.29 is 4.39 Å². The summed E-state index contributed by atoms with van der Waals surface area (Å²) in [6.45, 7) is 8.66. The Bertz CT molecular complexity index is 995. The summed E-state index contributed by atoms with van der Waals surface area (Å²) in [6, 6.07) is 16.2. The molecule has 2 aromatic carbocycles. The first-order valence-corrected chi connectivity index (χ1v) is 9.41. The van der Waals surface area contributed by atoms with E-state index in [0.717, 1.165) is 28.1 Å². The van der Waals surface area contributed by atoms with Gasteiger partial charge in [0, 0.05) is 41.5 Å². The molecule has 0 amide bonds. The number of hydrogen-bond donors (Lipinski definition) is 3. The molecule has 3 rings (SSSR count). The van der Waals surface area contributed by atoms with Crippen LogP contribution in [0.25, 0.3) is 17.0 Å². The second-order valence-electron chi connectivity index (χ2n) is 7.58. The highest BCUT2D eigenvalue weighted by Crippen LogP contribution is 2.27. The van der Waals surface area contributed by atoms with Crippen LogP contribution >= 0.6 is 0 Å². The summed E-state index contributed by atoms with van der Waals surface area (Å²) in [5, 5.41) is 15.0. The SMILES string of the molecule is C=C(N)c1cc(-c2ccc(NCC(C)(C)c3ccc(F)cc3)nn2)ccc1NC. The molecule has 0 aliphatic rings. The summed E-state index contributed by atoms with van der Waals surface area (Å²) in [5.41, 5.74) is 10.7. The van der Waals surface area contributed by atoms with Gasteiger partial charge in [-0.25, -0.2) is 4.39 Å². The predicted molar refractivity (Wildman–Crippen MR) is 118 cm³/mol. The van der Waals surface area contributed by atoms with Gasteiger partial charge in [-0.2, -0.15) is 0 Å². The number of nitrogens with zero attached hydrogens (tertiary/aromatic N) is 2. The normalized spacial score (nSPS) is 11.2. The third-order valence-corrected chi connectivity index (χ3v) is 4.93. The van der Waals surface area contributed by atoms with Gasteiger partial charge in [0.1, 0.15) is 11.6 Å². The van der Waals surface area contributed by atoms with Crippen molar-refractivity contribution in [3.63, 3.8) is 0 Å². The molecule has 0 aliphatic heterocycles. The van der Waals surface area contributed by atoms with Gasteiger partial charge in [0.05, 0.1) is 5.69 Å². The Morgan fingerprint density at radius 1 is 1.07 bits per heavy atom. The van der Waals surface area contributed by atoms with E-state index in [-0.39, 0.29) is 11.2 Å². The Morgan fingerprint density at radius 2 is 1.79 bits per heavy atom. The number of benzene rings is 2. The third kappa shape index (κ3) is 4.71. The zero-order valence-corrected chi connectivity index (χ0v) is 17.0. The average Bonchev–Trinajstić information content (AvgIpc) is 2.72. The molecule has 0 unspecified atom stereocenters. The molecule has 3 aromatic rings. The quantitative estimate of drug-likeness (QED) is 0.547. The Balaban J connectivity index is 1.73. The van der Waals surface area contributed by atoms with Crippen molar-refractivity contribution in [3.8, 4) is 11.3 Å². The lowest BCUT2D eigenvalue weighted by Crippen LogP contribution is -2.28. The summed E-state index contributed by atoms with van der Waals surface area (Å²) in [6.07, 6.45) is 0. The summed E-state index contributed by atoms with van der Waals surface area (Å²) in [7, 11) is 1.84. The van der Waals surface area contributed by atoms with Gasteiger partial charge in [0.25, 0.3) is 0 Å². The molecule has 6 heteroatoms. The lowest BCUT2D eigenvalue weighted by molar-refractivity contribution is 0.552. The fourth-order valence-corrected chi connectivity index (χ4v) is 3.08. The highest BCUT2D eigenvalue weighted by Gasteiger charge is 2.20. The molecule has 4 N–H and O–H groups in total. The minimum atomic E-state index is -0.233. The maximum atomic E-state index is 13.2. The molecule has 29 heavy (non-hydrogen) atoms. The van der Waals surface area contributed by atoms with Crippen molar-refractivity contribution in [2.75, 3.05) is 24.2 Å². The first-order chi connectivity index (χ1) is 13.8. The monoisotopic (exact) mass is 391 g/mol. The molecule has 0 atom stereocenters. The van der Waals surface area contributed by atoms with E-state index in [1.807, 2.05) is 49.5 Å². The van der Waals surface area contributed by atoms with Crippen molar-refractivity contribution >= 4 is 17.2 Å². The van der Waals surface area contributed by atoms with Crippen molar-refractivity contribution in [2.24, 2.45) is 5.73 Å². The van der Waals surface area contributed by atoms with Crippen LogP contribution in [0.15, 0.2) is 61.2 Å². The van der Waals surface area contributed by atoms with Gasteiger partial charge < -0.3 is 16.4 Å². The van der Waals surface area contributed by atoms with Crippen molar-refractivity contribution in [1.82, 2.24) is 10.2 Å². The highest BCUT2D eigenvalue weighted by atomic mass is 19.1. The third-order valence-electron chi connectivity index (χ3n) is 4.93. The molecular weight excluding hydrogens is 365 g/mol. The highest BCUT2D eigenvalue weighted by molar-refractivity contribution is 5.78. The first kappa shape index (κ1) is 20.3. The maximum Gasteiger partial charge on any atom is 0.148 e. The largest absolute Gasteiger partial charge is 0.399 e. The zero-order valence-electron chi connectivity index (χ0n) is 17.0. The van der Waals surface area contributed by atoms with E-state index in [4.69, 9.17) is 5.73 Å². The topological polar surface area (TPSA) is 75.9 Å². The van der Waals surface area contributed by atoms with Gasteiger partial charge in [0.15, 0.2) is 0 Å². The van der Waals surface area contributed by atoms with Crippen LogP contribution in [0, 0.1) is 5.82 Å². The Kier molecular flexibility index (Phi) is 5.82. The van der Waals surface area contributed by atoms with Crippen LogP contribution in [0.5, 0.6) is 0 Å². The van der Waals surface area contributed by atoms with Gasteiger partial charge >= 0.3 is 0 Å². The fraction of sp³-hybridized carbons (Fsp3) is 0.217. The van der Waals surface area contributed by atoms with Crippen LogP contribution in [0.3, 0.4) is 0 Å². The van der Waals surface area contributed by atoms with Crippen LogP contribution in [0.4, 0.5) is 15.9 Å². The summed E-state index contributed by atoms with van der Waals surface area (Å²) < 4.78 is 13.2. The molecule has 0 saturated heterocycles. The molecular formula is C23H26FN5. The van der Waals surface area contributed by atoms with Gasteiger partial charge in [-0.3, -0.25) is 0 Å². The molecule has 0 spiro atoms. The number of hydrogen-bond acceptors (Lipinski definition) is 5. The number of nitrogens with two attached hydrogens (primary N) is 1. The van der Waals surface area contributed by atoms with Crippen molar-refractivity contribution in [1.29, 1.82) is 0 Å². The molecule has 0 bridgehead atoms. The standard InChI is InChI=1S/C23H26FN5/c1-15(25)19-13-16(5-10-21(19)26-4)20-11-12-22(29-28-20)27-14-23(2,3)17-6-8-18(24)9-7-17/h5-13,26H,1,14,25H2,2-4H3,(H,27,29). The van der Waals surface area contributed by atoms with E-state index >= 15 is 0 Å². The van der Waals surface area contributed by atoms with Crippen LogP contribution in [0.1, 0.15) is 25.0 Å². The van der Waals surface area contributed by atoms with Crippen molar-refractivity contribution in [2.45, 2.75) is 19.3 Å². The van der Waals surface area contributed by atoms with Gasteiger partial charge in [-0.15, -0.1) is 10.2 Å². The minimum Gasteiger partial charge on any atom is -0.399 e. The zero-order chi connectivity index (χ0) is 21.0. The molecule has 1 aromatic heterocycles. The summed E-state index contributed by atoms with van der Waals surface area (Å²) in [4.78, 5) is 0. The van der Waals surface area contributed by atoms with E-state index in [0.29, 0.717) is 18.1 Å². The summed E-state index contributed by atoms with van der Waals surface area (Å²) in [5.74, 6) is 0.447. The van der Waals surface area contributed by atoms with E-state index in [1.165, 1.54) is 12.1 Å². The Morgan fingerprint density at radius 3 is 2.38 bits per heavy atom. The molecule has 1 heterocycles. The lowest BCUT2D eigenvalue weighted by atomic mass is 9.84. The smallest absolute Gasteiger partial charge is 0.148 e. The van der Waals surface area contributed by atoms with E-state index < -0.39 is 0 Å².